The maximum Gasteiger partial charge on any atom is 0.0104 e. The summed E-state index contributed by atoms with van der Waals surface area (Å²) in [6.07, 6.45) is 10.6. The van der Waals surface area contributed by atoms with E-state index in [2.05, 4.69) is 30.6 Å². The smallest absolute Gasteiger partial charge is 0.0104 e. The molecule has 0 heterocycles. The summed E-state index contributed by atoms with van der Waals surface area (Å²) in [5.41, 5.74) is 0. The standard InChI is InChI=1S/C14H30N2S/c1-15-14-9-6-4-5-8-13(14)12-16(2)10-7-11-17-3/h13-15H,4-12H2,1-3H3. The lowest BCUT2D eigenvalue weighted by atomic mass is 9.94. The van der Waals surface area contributed by atoms with Crippen LogP contribution >= 0.6 is 11.8 Å². The zero-order chi connectivity index (χ0) is 12.5. The maximum atomic E-state index is 3.54. The normalized spacial score (nSPS) is 26.1. The van der Waals surface area contributed by atoms with Gasteiger partial charge in [0.2, 0.25) is 0 Å². The molecule has 1 saturated carbocycles. The Balaban J connectivity index is 2.30. The van der Waals surface area contributed by atoms with Gasteiger partial charge in [-0.05, 0) is 57.8 Å². The summed E-state index contributed by atoms with van der Waals surface area (Å²) >= 11 is 1.96. The molecule has 0 aromatic rings. The predicted octanol–water partition coefficient (Wildman–Crippen LogP) is 2.84. The minimum atomic E-state index is 0.750. The lowest BCUT2D eigenvalue weighted by Gasteiger charge is -2.29. The van der Waals surface area contributed by atoms with Crippen molar-refractivity contribution in [3.63, 3.8) is 0 Å². The monoisotopic (exact) mass is 258 g/mol. The summed E-state index contributed by atoms with van der Waals surface area (Å²) < 4.78 is 0. The van der Waals surface area contributed by atoms with E-state index >= 15 is 0 Å². The van der Waals surface area contributed by atoms with Crippen molar-refractivity contribution >= 4 is 11.8 Å². The highest BCUT2D eigenvalue weighted by Crippen LogP contribution is 2.24. The van der Waals surface area contributed by atoms with Crippen molar-refractivity contribution in [1.82, 2.24) is 10.2 Å². The van der Waals surface area contributed by atoms with Gasteiger partial charge in [-0.1, -0.05) is 19.3 Å². The molecule has 2 unspecified atom stereocenters. The van der Waals surface area contributed by atoms with E-state index < -0.39 is 0 Å². The first-order valence-electron chi connectivity index (χ1n) is 7.12. The second kappa shape index (κ2) is 9.23. The summed E-state index contributed by atoms with van der Waals surface area (Å²) in [5, 5.41) is 3.54. The molecule has 1 rings (SSSR count). The molecule has 1 aliphatic rings. The average Bonchev–Trinajstić information content (AvgIpc) is 2.54. The fourth-order valence-electron chi connectivity index (χ4n) is 2.95. The topological polar surface area (TPSA) is 15.3 Å². The number of hydrogen-bond donors (Lipinski definition) is 1. The van der Waals surface area contributed by atoms with E-state index in [4.69, 9.17) is 0 Å². The number of rotatable bonds is 7. The number of nitrogens with zero attached hydrogens (tertiary/aromatic N) is 1. The minimum absolute atomic E-state index is 0.750. The Hall–Kier alpha value is 0.270. The quantitative estimate of drug-likeness (QED) is 0.558. The second-order valence-corrected chi connectivity index (χ2v) is 6.39. The van der Waals surface area contributed by atoms with Gasteiger partial charge in [-0.2, -0.15) is 11.8 Å². The number of thioether (sulfide) groups is 1. The SMILES string of the molecule is CNC1CCCCCC1CN(C)CCCSC. The lowest BCUT2D eigenvalue weighted by molar-refractivity contribution is 0.230. The van der Waals surface area contributed by atoms with E-state index in [9.17, 15) is 0 Å². The van der Waals surface area contributed by atoms with Gasteiger partial charge in [0.1, 0.15) is 0 Å². The van der Waals surface area contributed by atoms with E-state index in [1.807, 2.05) is 11.8 Å². The summed E-state index contributed by atoms with van der Waals surface area (Å²) in [5.74, 6) is 2.16. The highest BCUT2D eigenvalue weighted by atomic mass is 32.2. The van der Waals surface area contributed by atoms with Crippen molar-refractivity contribution in [2.45, 2.75) is 44.6 Å². The summed E-state index contributed by atoms with van der Waals surface area (Å²) in [7, 11) is 4.43. The van der Waals surface area contributed by atoms with Crippen molar-refractivity contribution in [2.24, 2.45) is 5.92 Å². The Morgan fingerprint density at radius 1 is 1.24 bits per heavy atom. The molecule has 1 fully saturated rings. The van der Waals surface area contributed by atoms with Crippen LogP contribution in [-0.4, -0.2) is 50.1 Å². The Kier molecular flexibility index (Phi) is 8.33. The third-order valence-electron chi connectivity index (χ3n) is 3.96. The largest absolute Gasteiger partial charge is 0.317 e. The van der Waals surface area contributed by atoms with Gasteiger partial charge in [-0.3, -0.25) is 0 Å². The lowest BCUT2D eigenvalue weighted by Crippen LogP contribution is -2.39. The molecule has 0 saturated heterocycles. The van der Waals surface area contributed by atoms with Crippen LogP contribution in [0.2, 0.25) is 0 Å². The van der Waals surface area contributed by atoms with Crippen molar-refractivity contribution in [3.8, 4) is 0 Å². The van der Waals surface area contributed by atoms with Crippen LogP contribution in [0.25, 0.3) is 0 Å². The van der Waals surface area contributed by atoms with Gasteiger partial charge in [0.25, 0.3) is 0 Å². The summed E-state index contributed by atoms with van der Waals surface area (Å²) in [6, 6.07) is 0.750. The molecule has 0 aromatic heterocycles. The summed E-state index contributed by atoms with van der Waals surface area (Å²) in [4.78, 5) is 2.54. The van der Waals surface area contributed by atoms with Crippen molar-refractivity contribution in [3.05, 3.63) is 0 Å². The Morgan fingerprint density at radius 2 is 2.00 bits per heavy atom. The van der Waals surface area contributed by atoms with Gasteiger partial charge in [0, 0.05) is 12.6 Å². The van der Waals surface area contributed by atoms with Gasteiger partial charge < -0.3 is 10.2 Å². The van der Waals surface area contributed by atoms with Crippen molar-refractivity contribution in [2.75, 3.05) is 39.2 Å². The fraction of sp³-hybridized carbons (Fsp3) is 1.00. The van der Waals surface area contributed by atoms with E-state index in [1.165, 1.54) is 57.4 Å². The highest BCUT2D eigenvalue weighted by molar-refractivity contribution is 7.98. The highest BCUT2D eigenvalue weighted by Gasteiger charge is 2.23. The molecule has 17 heavy (non-hydrogen) atoms. The Labute approximate surface area is 112 Å². The first-order valence-corrected chi connectivity index (χ1v) is 8.52. The molecule has 2 atom stereocenters. The molecule has 0 bridgehead atoms. The number of hydrogen-bond acceptors (Lipinski definition) is 3. The van der Waals surface area contributed by atoms with Crippen LogP contribution < -0.4 is 5.32 Å². The molecule has 2 nitrogen and oxygen atoms in total. The van der Waals surface area contributed by atoms with Gasteiger partial charge >= 0.3 is 0 Å². The van der Waals surface area contributed by atoms with Crippen LogP contribution in [0, 0.1) is 5.92 Å². The van der Waals surface area contributed by atoms with E-state index in [0.717, 1.165) is 12.0 Å². The first kappa shape index (κ1) is 15.3. The molecular weight excluding hydrogens is 228 g/mol. The molecule has 1 aliphatic carbocycles. The van der Waals surface area contributed by atoms with E-state index in [0.29, 0.717) is 0 Å². The molecule has 0 amide bonds. The number of nitrogens with one attached hydrogen (secondary N) is 1. The molecule has 102 valence electrons. The molecule has 3 heteroatoms. The molecule has 0 aliphatic heterocycles. The fourth-order valence-corrected chi connectivity index (χ4v) is 3.37. The van der Waals surface area contributed by atoms with Crippen molar-refractivity contribution < 1.29 is 0 Å². The van der Waals surface area contributed by atoms with Gasteiger partial charge in [0.05, 0.1) is 0 Å². The minimum Gasteiger partial charge on any atom is -0.317 e. The molecule has 0 aromatic carbocycles. The van der Waals surface area contributed by atoms with Crippen molar-refractivity contribution in [1.29, 1.82) is 0 Å². The second-order valence-electron chi connectivity index (χ2n) is 5.40. The molecular formula is C14H30N2S. The molecule has 1 N–H and O–H groups in total. The van der Waals surface area contributed by atoms with Crippen LogP contribution in [0.15, 0.2) is 0 Å². The van der Waals surface area contributed by atoms with Gasteiger partial charge in [-0.15, -0.1) is 0 Å². The zero-order valence-corrected chi connectivity index (χ0v) is 12.7. The van der Waals surface area contributed by atoms with Crippen LogP contribution in [0.5, 0.6) is 0 Å². The molecule has 0 spiro atoms. The van der Waals surface area contributed by atoms with Crippen LogP contribution in [0.4, 0.5) is 0 Å². The van der Waals surface area contributed by atoms with Gasteiger partial charge in [-0.25, -0.2) is 0 Å². The zero-order valence-electron chi connectivity index (χ0n) is 11.9. The maximum absolute atomic E-state index is 3.54. The third kappa shape index (κ3) is 6.12. The van der Waals surface area contributed by atoms with E-state index in [1.54, 1.807) is 0 Å². The Morgan fingerprint density at radius 3 is 2.71 bits per heavy atom. The first-order chi connectivity index (χ1) is 8.27. The third-order valence-corrected chi connectivity index (χ3v) is 4.66. The average molecular weight is 258 g/mol. The van der Waals surface area contributed by atoms with Crippen LogP contribution in [-0.2, 0) is 0 Å². The van der Waals surface area contributed by atoms with Crippen LogP contribution in [0.1, 0.15) is 38.5 Å². The Bertz CT molecular complexity index is 187. The summed E-state index contributed by atoms with van der Waals surface area (Å²) in [6.45, 7) is 2.54. The molecule has 0 radical (unpaired) electrons. The predicted molar refractivity (Wildman–Crippen MR) is 79.9 cm³/mol. The van der Waals surface area contributed by atoms with Crippen LogP contribution in [0.3, 0.4) is 0 Å². The van der Waals surface area contributed by atoms with Gasteiger partial charge in [0.15, 0.2) is 0 Å². The van der Waals surface area contributed by atoms with E-state index in [-0.39, 0.29) is 0 Å².